The molecular formula is C10H15N3O3S. The molecule has 1 aromatic rings. The van der Waals surface area contributed by atoms with Gasteiger partial charge in [-0.15, -0.1) is 0 Å². The van der Waals surface area contributed by atoms with Gasteiger partial charge in [-0.2, -0.15) is 0 Å². The van der Waals surface area contributed by atoms with Crippen molar-refractivity contribution in [2.75, 3.05) is 5.73 Å². The number of carbonyl (C=O) groups excluding carboxylic acids is 1. The first kappa shape index (κ1) is 13.5. The highest BCUT2D eigenvalue weighted by Gasteiger charge is 2.15. The van der Waals surface area contributed by atoms with Crippen molar-refractivity contribution in [2.45, 2.75) is 24.8 Å². The van der Waals surface area contributed by atoms with Crippen LogP contribution in [0.15, 0.2) is 23.1 Å². The van der Waals surface area contributed by atoms with Crippen LogP contribution >= 0.6 is 0 Å². The Bertz CT molecular complexity index is 538. The predicted octanol–water partition coefficient (Wildman–Crippen LogP) is 0.0544. The van der Waals surface area contributed by atoms with Gasteiger partial charge in [-0.3, -0.25) is 4.79 Å². The van der Waals surface area contributed by atoms with E-state index in [9.17, 15) is 13.2 Å². The summed E-state index contributed by atoms with van der Waals surface area (Å²) in [6.45, 7) is 3.58. The number of nitrogens with one attached hydrogen (secondary N) is 1. The summed E-state index contributed by atoms with van der Waals surface area (Å²) in [5.41, 5.74) is 5.92. The highest BCUT2D eigenvalue weighted by molar-refractivity contribution is 7.89. The second-order valence-electron chi connectivity index (χ2n) is 3.92. The van der Waals surface area contributed by atoms with Crippen LogP contribution < -0.4 is 16.2 Å². The van der Waals surface area contributed by atoms with Gasteiger partial charge in [0.15, 0.2) is 0 Å². The maximum absolute atomic E-state index is 11.7. The zero-order chi connectivity index (χ0) is 13.2. The first-order valence-corrected chi connectivity index (χ1v) is 6.49. The van der Waals surface area contributed by atoms with E-state index in [2.05, 4.69) is 5.32 Å². The van der Waals surface area contributed by atoms with Gasteiger partial charge in [0.25, 0.3) is 5.91 Å². The monoisotopic (exact) mass is 257 g/mol. The Hall–Kier alpha value is -1.60. The molecule has 1 rings (SSSR count). The van der Waals surface area contributed by atoms with Crippen LogP contribution in [-0.4, -0.2) is 20.4 Å². The average molecular weight is 257 g/mol. The van der Waals surface area contributed by atoms with E-state index >= 15 is 0 Å². The molecule has 0 saturated carbocycles. The molecular weight excluding hydrogens is 242 g/mol. The minimum atomic E-state index is -3.84. The van der Waals surface area contributed by atoms with Crippen molar-refractivity contribution in [1.29, 1.82) is 0 Å². The number of hydrogen-bond donors (Lipinski definition) is 3. The Labute approximate surface area is 100 Å². The van der Waals surface area contributed by atoms with Crippen molar-refractivity contribution < 1.29 is 13.2 Å². The van der Waals surface area contributed by atoms with Crippen LogP contribution in [0.25, 0.3) is 0 Å². The normalized spacial score (nSPS) is 11.5. The summed E-state index contributed by atoms with van der Waals surface area (Å²) < 4.78 is 22.3. The molecule has 6 nitrogen and oxygen atoms in total. The van der Waals surface area contributed by atoms with E-state index in [0.29, 0.717) is 0 Å². The van der Waals surface area contributed by atoms with Crippen LogP contribution in [0, 0.1) is 0 Å². The molecule has 0 aliphatic rings. The Morgan fingerprint density at radius 1 is 1.35 bits per heavy atom. The van der Waals surface area contributed by atoms with Crippen LogP contribution in [0.4, 0.5) is 5.69 Å². The van der Waals surface area contributed by atoms with Crippen LogP contribution in [-0.2, 0) is 10.0 Å². The molecule has 17 heavy (non-hydrogen) atoms. The van der Waals surface area contributed by atoms with E-state index in [1.807, 2.05) is 0 Å². The number of primary sulfonamides is 1. The second kappa shape index (κ2) is 4.72. The maximum atomic E-state index is 11.7. The molecule has 0 radical (unpaired) electrons. The van der Waals surface area contributed by atoms with Crippen molar-refractivity contribution in [2.24, 2.45) is 5.14 Å². The number of nitrogen functional groups attached to an aromatic ring is 1. The average Bonchev–Trinajstić information content (AvgIpc) is 2.15. The molecule has 0 saturated heterocycles. The molecule has 0 aliphatic carbocycles. The molecule has 5 N–H and O–H groups in total. The number of nitrogens with two attached hydrogens (primary N) is 2. The van der Waals surface area contributed by atoms with Crippen molar-refractivity contribution in [1.82, 2.24) is 5.32 Å². The lowest BCUT2D eigenvalue weighted by atomic mass is 10.1. The predicted molar refractivity (Wildman–Crippen MR) is 64.8 cm³/mol. The lowest BCUT2D eigenvalue weighted by Gasteiger charge is -2.11. The van der Waals surface area contributed by atoms with Crippen LogP contribution in [0.3, 0.4) is 0 Å². The minimum Gasteiger partial charge on any atom is -0.398 e. The van der Waals surface area contributed by atoms with Gasteiger partial charge in [0.2, 0.25) is 10.0 Å². The molecule has 1 amide bonds. The van der Waals surface area contributed by atoms with E-state index < -0.39 is 15.9 Å². The van der Waals surface area contributed by atoms with E-state index in [-0.39, 0.29) is 22.2 Å². The van der Waals surface area contributed by atoms with Gasteiger partial charge in [-0.25, -0.2) is 13.6 Å². The van der Waals surface area contributed by atoms with Gasteiger partial charge in [-0.05, 0) is 32.0 Å². The van der Waals surface area contributed by atoms with E-state index in [0.717, 1.165) is 0 Å². The zero-order valence-electron chi connectivity index (χ0n) is 9.60. The molecule has 0 aliphatic heterocycles. The third-order valence-corrected chi connectivity index (χ3v) is 2.93. The van der Waals surface area contributed by atoms with Crippen molar-refractivity contribution in [3.63, 3.8) is 0 Å². The number of rotatable bonds is 3. The molecule has 0 atom stereocenters. The van der Waals surface area contributed by atoms with Crippen molar-refractivity contribution in [3.05, 3.63) is 23.8 Å². The fourth-order valence-corrected chi connectivity index (χ4v) is 1.79. The minimum absolute atomic E-state index is 0.0694. The largest absolute Gasteiger partial charge is 0.398 e. The fourth-order valence-electron chi connectivity index (χ4n) is 1.25. The number of anilines is 1. The lowest BCUT2D eigenvalue weighted by molar-refractivity contribution is 0.0944. The molecule has 0 heterocycles. The quantitative estimate of drug-likeness (QED) is 0.664. The van der Waals surface area contributed by atoms with Gasteiger partial charge < -0.3 is 11.1 Å². The standard InChI is InChI=1S/C10H15N3O3S/c1-6(2)13-10(14)8-5-7(17(12,15)16)3-4-9(8)11/h3-6H,11H2,1-2H3,(H,13,14)(H2,12,15,16). The van der Waals surface area contributed by atoms with Gasteiger partial charge in [0.05, 0.1) is 10.5 Å². The number of sulfonamides is 1. The Kier molecular flexibility index (Phi) is 3.74. The van der Waals surface area contributed by atoms with Crippen molar-refractivity contribution in [3.8, 4) is 0 Å². The first-order chi connectivity index (χ1) is 7.71. The van der Waals surface area contributed by atoms with Gasteiger partial charge in [0, 0.05) is 11.7 Å². The van der Waals surface area contributed by atoms with Crippen LogP contribution in [0.2, 0.25) is 0 Å². The smallest absolute Gasteiger partial charge is 0.253 e. The van der Waals surface area contributed by atoms with Gasteiger partial charge in [-0.1, -0.05) is 0 Å². The Morgan fingerprint density at radius 3 is 2.41 bits per heavy atom. The molecule has 94 valence electrons. The summed E-state index contributed by atoms with van der Waals surface area (Å²) in [7, 11) is -3.84. The molecule has 0 bridgehead atoms. The van der Waals surface area contributed by atoms with E-state index in [1.54, 1.807) is 13.8 Å². The number of amides is 1. The number of hydrogen-bond acceptors (Lipinski definition) is 4. The molecule has 0 unspecified atom stereocenters. The molecule has 0 spiro atoms. The molecule has 0 fully saturated rings. The molecule has 0 aromatic heterocycles. The van der Waals surface area contributed by atoms with Gasteiger partial charge in [0.1, 0.15) is 0 Å². The first-order valence-electron chi connectivity index (χ1n) is 4.95. The highest BCUT2D eigenvalue weighted by atomic mass is 32.2. The Morgan fingerprint density at radius 2 is 1.94 bits per heavy atom. The second-order valence-corrected chi connectivity index (χ2v) is 5.48. The third-order valence-electron chi connectivity index (χ3n) is 2.02. The summed E-state index contributed by atoms with van der Waals surface area (Å²) in [5.74, 6) is -0.428. The summed E-state index contributed by atoms with van der Waals surface area (Å²) >= 11 is 0. The fraction of sp³-hybridized carbons (Fsp3) is 0.300. The SMILES string of the molecule is CC(C)NC(=O)c1cc(S(N)(=O)=O)ccc1N. The summed E-state index contributed by atoms with van der Waals surface area (Å²) in [4.78, 5) is 11.6. The molecule has 7 heteroatoms. The lowest BCUT2D eigenvalue weighted by Crippen LogP contribution is -2.31. The van der Waals surface area contributed by atoms with Crippen molar-refractivity contribution >= 4 is 21.6 Å². The Balaban J connectivity index is 3.20. The summed E-state index contributed by atoms with van der Waals surface area (Å²) in [6, 6.07) is 3.70. The molecule has 1 aromatic carbocycles. The maximum Gasteiger partial charge on any atom is 0.253 e. The zero-order valence-corrected chi connectivity index (χ0v) is 10.4. The number of benzene rings is 1. The summed E-state index contributed by atoms with van der Waals surface area (Å²) in [5, 5.41) is 7.60. The number of carbonyl (C=O) groups is 1. The van der Waals surface area contributed by atoms with Gasteiger partial charge >= 0.3 is 0 Å². The topological polar surface area (TPSA) is 115 Å². The van der Waals surface area contributed by atoms with Crippen LogP contribution in [0.5, 0.6) is 0 Å². The van der Waals surface area contributed by atoms with E-state index in [1.165, 1.54) is 18.2 Å². The van der Waals surface area contributed by atoms with E-state index in [4.69, 9.17) is 10.9 Å². The highest BCUT2D eigenvalue weighted by Crippen LogP contribution is 2.17. The van der Waals surface area contributed by atoms with Crippen LogP contribution in [0.1, 0.15) is 24.2 Å². The third kappa shape index (κ3) is 3.43. The summed E-state index contributed by atoms with van der Waals surface area (Å²) in [6.07, 6.45) is 0.